The van der Waals surface area contributed by atoms with Crippen molar-refractivity contribution < 1.29 is 0 Å². The molecule has 0 saturated carbocycles. The average molecular weight is 255 g/mol. The van der Waals surface area contributed by atoms with Crippen LogP contribution in [0, 0.1) is 0 Å². The summed E-state index contributed by atoms with van der Waals surface area (Å²) in [6, 6.07) is 6.39. The molecule has 4 N–H and O–H groups in total. The van der Waals surface area contributed by atoms with Crippen molar-refractivity contribution in [1.29, 1.82) is 0 Å². The monoisotopic (exact) mass is 255 g/mol. The normalized spacial score (nSPS) is 13.7. The zero-order chi connectivity index (χ0) is 13.1. The molecule has 1 aromatic carbocycles. The molecule has 1 aliphatic carbocycles. The zero-order valence-corrected chi connectivity index (χ0v) is 10.7. The van der Waals surface area contributed by atoms with E-state index in [4.69, 9.17) is 5.84 Å². The van der Waals surface area contributed by atoms with Gasteiger partial charge in [0.05, 0.1) is 12.4 Å². The molecule has 1 aromatic heterocycles. The molecule has 19 heavy (non-hydrogen) atoms. The molecule has 0 amide bonds. The van der Waals surface area contributed by atoms with Crippen molar-refractivity contribution in [2.24, 2.45) is 5.84 Å². The number of fused-ring (bicyclic) bond motifs is 1. The number of nitrogens with one attached hydrogen (secondary N) is 2. The second-order valence-electron chi connectivity index (χ2n) is 4.71. The van der Waals surface area contributed by atoms with Gasteiger partial charge in [-0.15, -0.1) is 0 Å². The summed E-state index contributed by atoms with van der Waals surface area (Å²) in [6.07, 6.45) is 8.11. The summed E-state index contributed by atoms with van der Waals surface area (Å²) in [5, 5.41) is 3.34. The molecule has 0 aliphatic heterocycles. The molecule has 1 heterocycles. The molecule has 0 spiro atoms. The molecule has 2 aromatic rings. The number of anilines is 3. The fourth-order valence-corrected chi connectivity index (χ4v) is 2.53. The smallest absolute Gasteiger partial charge is 0.160 e. The van der Waals surface area contributed by atoms with Crippen LogP contribution >= 0.6 is 0 Å². The number of nitrogens with zero attached hydrogens (tertiary/aromatic N) is 2. The van der Waals surface area contributed by atoms with Gasteiger partial charge in [0.15, 0.2) is 11.6 Å². The standard InChI is InChI=1S/C14H17N5/c15-19-14-9-16-8-13(18-14)17-12-7-3-5-10-4-1-2-6-11(10)12/h3,5,7-9H,1-2,4,6,15H2,(H2,17,18,19). The van der Waals surface area contributed by atoms with Crippen molar-refractivity contribution in [3.63, 3.8) is 0 Å². The highest BCUT2D eigenvalue weighted by Gasteiger charge is 2.13. The van der Waals surface area contributed by atoms with Crippen molar-refractivity contribution in [2.45, 2.75) is 25.7 Å². The van der Waals surface area contributed by atoms with Crippen molar-refractivity contribution in [3.8, 4) is 0 Å². The van der Waals surface area contributed by atoms with Crippen molar-refractivity contribution in [1.82, 2.24) is 9.97 Å². The van der Waals surface area contributed by atoms with Gasteiger partial charge in [0.25, 0.3) is 0 Å². The molecule has 0 unspecified atom stereocenters. The van der Waals surface area contributed by atoms with Gasteiger partial charge in [-0.2, -0.15) is 0 Å². The predicted molar refractivity (Wildman–Crippen MR) is 76.2 cm³/mol. The van der Waals surface area contributed by atoms with E-state index in [9.17, 15) is 0 Å². The van der Waals surface area contributed by atoms with Gasteiger partial charge in [-0.25, -0.2) is 10.8 Å². The van der Waals surface area contributed by atoms with E-state index in [2.05, 4.69) is 38.9 Å². The Hall–Kier alpha value is -2.14. The van der Waals surface area contributed by atoms with Crippen LogP contribution in [0.4, 0.5) is 17.3 Å². The first-order valence-corrected chi connectivity index (χ1v) is 6.53. The lowest BCUT2D eigenvalue weighted by atomic mass is 9.90. The van der Waals surface area contributed by atoms with Gasteiger partial charge in [-0.3, -0.25) is 4.98 Å². The highest BCUT2D eigenvalue weighted by Crippen LogP contribution is 2.29. The maximum atomic E-state index is 5.34. The molecule has 0 saturated heterocycles. The SMILES string of the molecule is NNc1cncc(Nc2cccc3c2CCCC3)n1. The first kappa shape index (κ1) is 11.9. The number of rotatable bonds is 3. The number of hydrogen-bond donors (Lipinski definition) is 3. The molecular formula is C14H17N5. The van der Waals surface area contributed by atoms with Crippen LogP contribution in [-0.2, 0) is 12.8 Å². The van der Waals surface area contributed by atoms with Crippen LogP contribution in [0.2, 0.25) is 0 Å². The minimum Gasteiger partial charge on any atom is -0.339 e. The minimum atomic E-state index is 0.551. The van der Waals surface area contributed by atoms with Crippen LogP contribution < -0.4 is 16.6 Å². The molecular weight excluding hydrogens is 238 g/mol. The number of aryl methyl sites for hydroxylation is 1. The highest BCUT2D eigenvalue weighted by atomic mass is 15.3. The maximum absolute atomic E-state index is 5.34. The van der Waals surface area contributed by atoms with Gasteiger partial charge in [0.1, 0.15) is 0 Å². The fourth-order valence-electron chi connectivity index (χ4n) is 2.53. The first-order chi connectivity index (χ1) is 9.36. The summed E-state index contributed by atoms with van der Waals surface area (Å²) >= 11 is 0. The first-order valence-electron chi connectivity index (χ1n) is 6.53. The number of aromatic nitrogens is 2. The van der Waals surface area contributed by atoms with E-state index in [1.54, 1.807) is 12.4 Å². The van der Waals surface area contributed by atoms with Crippen LogP contribution in [0.1, 0.15) is 24.0 Å². The van der Waals surface area contributed by atoms with E-state index in [0.29, 0.717) is 11.6 Å². The second-order valence-corrected chi connectivity index (χ2v) is 4.71. The Balaban J connectivity index is 1.90. The zero-order valence-electron chi connectivity index (χ0n) is 10.7. The summed E-state index contributed by atoms with van der Waals surface area (Å²) in [5.41, 5.74) is 6.47. The van der Waals surface area contributed by atoms with Gasteiger partial charge >= 0.3 is 0 Å². The third kappa shape index (κ3) is 2.51. The van der Waals surface area contributed by atoms with Crippen LogP contribution in [0.15, 0.2) is 30.6 Å². The fraction of sp³-hybridized carbons (Fsp3) is 0.286. The third-order valence-electron chi connectivity index (χ3n) is 3.44. The van der Waals surface area contributed by atoms with E-state index in [1.165, 1.54) is 30.4 Å². The van der Waals surface area contributed by atoms with E-state index in [-0.39, 0.29) is 0 Å². The molecule has 1 aliphatic rings. The van der Waals surface area contributed by atoms with Crippen LogP contribution in [0.5, 0.6) is 0 Å². The molecule has 5 nitrogen and oxygen atoms in total. The lowest BCUT2D eigenvalue weighted by Gasteiger charge is -2.19. The predicted octanol–water partition coefficient (Wildman–Crippen LogP) is 2.38. The molecule has 0 bridgehead atoms. The summed E-state index contributed by atoms with van der Waals surface area (Å²) < 4.78 is 0. The van der Waals surface area contributed by atoms with Crippen LogP contribution in [0.25, 0.3) is 0 Å². The molecule has 98 valence electrons. The van der Waals surface area contributed by atoms with Gasteiger partial charge in [-0.05, 0) is 42.9 Å². The summed E-state index contributed by atoms with van der Waals surface area (Å²) in [7, 11) is 0. The number of benzene rings is 1. The Labute approximate surface area is 112 Å². The second kappa shape index (κ2) is 5.24. The Bertz CT molecular complexity index is 582. The minimum absolute atomic E-state index is 0.551. The Kier molecular flexibility index (Phi) is 3.29. The third-order valence-corrected chi connectivity index (χ3v) is 3.44. The quantitative estimate of drug-likeness (QED) is 0.580. The van der Waals surface area contributed by atoms with E-state index >= 15 is 0 Å². The van der Waals surface area contributed by atoms with Gasteiger partial charge in [0.2, 0.25) is 0 Å². The van der Waals surface area contributed by atoms with E-state index in [0.717, 1.165) is 12.1 Å². The molecule has 0 radical (unpaired) electrons. The lowest BCUT2D eigenvalue weighted by Crippen LogP contribution is -2.10. The number of hydrazine groups is 1. The Morgan fingerprint density at radius 2 is 1.89 bits per heavy atom. The van der Waals surface area contributed by atoms with Crippen molar-refractivity contribution in [3.05, 3.63) is 41.7 Å². The van der Waals surface area contributed by atoms with Gasteiger partial charge < -0.3 is 10.7 Å². The number of nitrogens with two attached hydrogens (primary N) is 1. The van der Waals surface area contributed by atoms with E-state index < -0.39 is 0 Å². The van der Waals surface area contributed by atoms with Gasteiger partial charge in [-0.1, -0.05) is 12.1 Å². The topological polar surface area (TPSA) is 75.9 Å². The number of hydrogen-bond acceptors (Lipinski definition) is 5. The largest absolute Gasteiger partial charge is 0.339 e. The molecule has 5 heteroatoms. The average Bonchev–Trinajstić information content (AvgIpc) is 2.48. The molecule has 0 atom stereocenters. The molecule has 0 fully saturated rings. The Morgan fingerprint density at radius 1 is 1.05 bits per heavy atom. The summed E-state index contributed by atoms with van der Waals surface area (Å²) in [5.74, 6) is 6.60. The lowest BCUT2D eigenvalue weighted by molar-refractivity contribution is 0.687. The van der Waals surface area contributed by atoms with Crippen molar-refractivity contribution in [2.75, 3.05) is 10.7 Å². The van der Waals surface area contributed by atoms with E-state index in [1.807, 2.05) is 0 Å². The molecule has 3 rings (SSSR count). The van der Waals surface area contributed by atoms with Crippen LogP contribution in [-0.4, -0.2) is 9.97 Å². The number of nitrogen functional groups attached to an aromatic ring is 1. The highest BCUT2D eigenvalue weighted by molar-refractivity contribution is 5.63. The maximum Gasteiger partial charge on any atom is 0.160 e. The summed E-state index contributed by atoms with van der Waals surface area (Å²) in [4.78, 5) is 8.42. The van der Waals surface area contributed by atoms with Crippen molar-refractivity contribution >= 4 is 17.3 Å². The summed E-state index contributed by atoms with van der Waals surface area (Å²) in [6.45, 7) is 0. The van der Waals surface area contributed by atoms with Crippen LogP contribution in [0.3, 0.4) is 0 Å². The van der Waals surface area contributed by atoms with Gasteiger partial charge in [0, 0.05) is 5.69 Å². The Morgan fingerprint density at radius 3 is 2.79 bits per heavy atom.